The summed E-state index contributed by atoms with van der Waals surface area (Å²) in [6.45, 7) is 3.97. The van der Waals surface area contributed by atoms with Crippen LogP contribution in [0.3, 0.4) is 0 Å². The number of rotatable bonds is 3. The van der Waals surface area contributed by atoms with Crippen molar-refractivity contribution in [3.8, 4) is 0 Å². The minimum Gasteiger partial charge on any atom is -0.371 e. The normalized spacial score (nSPS) is 18.6. The summed E-state index contributed by atoms with van der Waals surface area (Å²) in [4.78, 5) is 13.8. The van der Waals surface area contributed by atoms with Crippen molar-refractivity contribution in [1.29, 1.82) is 0 Å². The molecule has 3 rings (SSSR count). The first-order valence-electron chi connectivity index (χ1n) is 7.19. The Hall–Kier alpha value is -2.03. The fraction of sp³-hybridized carbons (Fsp3) is 0.353. The second-order valence-corrected chi connectivity index (χ2v) is 5.59. The van der Waals surface area contributed by atoms with E-state index < -0.39 is 0 Å². The third kappa shape index (κ3) is 2.36. The van der Waals surface area contributed by atoms with Gasteiger partial charge in [-0.05, 0) is 48.6 Å². The minimum absolute atomic E-state index is 0.211. The molecule has 104 valence electrons. The third-order valence-corrected chi connectivity index (χ3v) is 4.36. The van der Waals surface area contributed by atoms with Crippen molar-refractivity contribution in [3.05, 3.63) is 58.8 Å². The summed E-state index contributed by atoms with van der Waals surface area (Å²) < 4.78 is 0. The van der Waals surface area contributed by atoms with Crippen LogP contribution in [-0.2, 0) is 17.6 Å². The lowest BCUT2D eigenvalue weighted by molar-refractivity contribution is -0.119. The van der Waals surface area contributed by atoms with Crippen molar-refractivity contribution in [2.75, 3.05) is 13.1 Å². The summed E-state index contributed by atoms with van der Waals surface area (Å²) >= 11 is 0. The van der Waals surface area contributed by atoms with Gasteiger partial charge in [-0.25, -0.2) is 0 Å². The SMILES string of the molecule is CC(C(N)=O)c1ccc2c(c1)CCN(C1=CC=C1)CC2. The van der Waals surface area contributed by atoms with Gasteiger partial charge in [0.25, 0.3) is 0 Å². The van der Waals surface area contributed by atoms with Gasteiger partial charge in [0.2, 0.25) is 5.91 Å². The molecule has 2 N–H and O–H groups in total. The maximum atomic E-state index is 11.3. The molecule has 1 aliphatic carbocycles. The number of hydrogen-bond acceptors (Lipinski definition) is 2. The Bertz CT molecular complexity index is 601. The minimum atomic E-state index is -0.259. The first-order chi connectivity index (χ1) is 9.65. The highest BCUT2D eigenvalue weighted by Gasteiger charge is 2.18. The fourth-order valence-electron chi connectivity index (χ4n) is 2.83. The molecule has 0 spiro atoms. The Morgan fingerprint density at radius 1 is 1.25 bits per heavy atom. The highest BCUT2D eigenvalue weighted by Crippen LogP contribution is 2.24. The van der Waals surface area contributed by atoms with Crippen LogP contribution in [0.2, 0.25) is 0 Å². The Kier molecular flexibility index (Phi) is 3.35. The molecule has 0 saturated heterocycles. The first kappa shape index (κ1) is 13.0. The quantitative estimate of drug-likeness (QED) is 0.913. The zero-order valence-corrected chi connectivity index (χ0v) is 11.8. The van der Waals surface area contributed by atoms with Gasteiger partial charge in [0.05, 0.1) is 5.92 Å². The summed E-state index contributed by atoms with van der Waals surface area (Å²) in [6, 6.07) is 6.38. The predicted octanol–water partition coefficient (Wildman–Crippen LogP) is 2.13. The van der Waals surface area contributed by atoms with Crippen LogP contribution in [0.25, 0.3) is 0 Å². The fourth-order valence-corrected chi connectivity index (χ4v) is 2.83. The molecule has 1 amide bonds. The van der Waals surface area contributed by atoms with Gasteiger partial charge in [0.15, 0.2) is 0 Å². The van der Waals surface area contributed by atoms with Crippen LogP contribution in [0.15, 0.2) is 42.1 Å². The molecule has 3 heteroatoms. The largest absolute Gasteiger partial charge is 0.371 e. The molecule has 1 aromatic carbocycles. The van der Waals surface area contributed by atoms with E-state index in [0.717, 1.165) is 31.5 Å². The third-order valence-electron chi connectivity index (χ3n) is 4.36. The van der Waals surface area contributed by atoms with Crippen molar-refractivity contribution in [1.82, 2.24) is 4.90 Å². The smallest absolute Gasteiger partial charge is 0.224 e. The summed E-state index contributed by atoms with van der Waals surface area (Å²) in [5.74, 6) is -0.470. The molecule has 0 radical (unpaired) electrons. The van der Waals surface area contributed by atoms with Gasteiger partial charge in [-0.1, -0.05) is 24.3 Å². The van der Waals surface area contributed by atoms with Gasteiger partial charge in [-0.3, -0.25) is 4.79 Å². The molecule has 1 heterocycles. The van der Waals surface area contributed by atoms with Gasteiger partial charge in [0, 0.05) is 18.8 Å². The van der Waals surface area contributed by atoms with Crippen LogP contribution in [0.5, 0.6) is 0 Å². The van der Waals surface area contributed by atoms with Gasteiger partial charge in [-0.15, -0.1) is 0 Å². The molecule has 20 heavy (non-hydrogen) atoms. The Balaban J connectivity index is 1.80. The topological polar surface area (TPSA) is 46.3 Å². The molecule has 0 aromatic heterocycles. The molecule has 0 fully saturated rings. The van der Waals surface area contributed by atoms with Crippen LogP contribution in [0.4, 0.5) is 0 Å². The highest BCUT2D eigenvalue weighted by molar-refractivity contribution is 5.81. The molecule has 1 unspecified atom stereocenters. The summed E-state index contributed by atoms with van der Waals surface area (Å²) in [5, 5.41) is 0. The van der Waals surface area contributed by atoms with E-state index in [-0.39, 0.29) is 11.8 Å². The van der Waals surface area contributed by atoms with E-state index in [4.69, 9.17) is 5.73 Å². The number of nitrogens with zero attached hydrogens (tertiary/aromatic N) is 1. The molecule has 2 aliphatic rings. The van der Waals surface area contributed by atoms with Crippen LogP contribution >= 0.6 is 0 Å². The number of nitrogens with two attached hydrogens (primary N) is 1. The number of primary amides is 1. The van der Waals surface area contributed by atoms with E-state index in [9.17, 15) is 4.79 Å². The molecule has 1 atom stereocenters. The highest BCUT2D eigenvalue weighted by atomic mass is 16.1. The Morgan fingerprint density at radius 3 is 2.55 bits per heavy atom. The second kappa shape index (κ2) is 5.16. The Labute approximate surface area is 119 Å². The first-order valence-corrected chi connectivity index (χ1v) is 7.19. The number of hydrogen-bond donors (Lipinski definition) is 1. The monoisotopic (exact) mass is 268 g/mol. The molecule has 0 saturated carbocycles. The lowest BCUT2D eigenvalue weighted by atomic mass is 9.94. The van der Waals surface area contributed by atoms with Crippen LogP contribution in [0.1, 0.15) is 29.5 Å². The standard InChI is InChI=1S/C17H20N2O/c1-12(17(18)20)14-6-5-13-7-9-19(16-3-2-4-16)10-8-15(13)11-14/h2-6,11-12H,7-10H2,1H3,(H2,18,20). The molecule has 0 bridgehead atoms. The summed E-state index contributed by atoms with van der Waals surface area (Å²) in [5.41, 5.74) is 10.5. The number of amides is 1. The van der Waals surface area contributed by atoms with Crippen LogP contribution in [0, 0.1) is 0 Å². The van der Waals surface area contributed by atoms with Crippen molar-refractivity contribution in [2.45, 2.75) is 25.7 Å². The predicted molar refractivity (Wildman–Crippen MR) is 80.3 cm³/mol. The van der Waals surface area contributed by atoms with E-state index >= 15 is 0 Å². The Morgan fingerprint density at radius 2 is 1.95 bits per heavy atom. The average molecular weight is 268 g/mol. The molecule has 1 aliphatic heterocycles. The van der Waals surface area contributed by atoms with Gasteiger partial charge in [0.1, 0.15) is 0 Å². The van der Waals surface area contributed by atoms with Crippen molar-refractivity contribution in [2.24, 2.45) is 5.73 Å². The second-order valence-electron chi connectivity index (χ2n) is 5.59. The van der Waals surface area contributed by atoms with Crippen LogP contribution in [-0.4, -0.2) is 23.9 Å². The van der Waals surface area contributed by atoms with Crippen molar-refractivity contribution < 1.29 is 4.79 Å². The number of fused-ring (bicyclic) bond motifs is 1. The van der Waals surface area contributed by atoms with Gasteiger partial charge < -0.3 is 10.6 Å². The molecular formula is C17H20N2O. The lowest BCUT2D eigenvalue weighted by Crippen LogP contribution is -2.26. The summed E-state index contributed by atoms with van der Waals surface area (Å²) in [7, 11) is 0. The number of benzene rings is 1. The molecule has 1 aromatic rings. The number of allylic oxidation sites excluding steroid dienone is 3. The lowest BCUT2D eigenvalue weighted by Gasteiger charge is -2.26. The zero-order valence-electron chi connectivity index (χ0n) is 11.8. The van der Waals surface area contributed by atoms with Crippen LogP contribution < -0.4 is 5.73 Å². The average Bonchev–Trinajstić information content (AvgIpc) is 2.58. The van der Waals surface area contributed by atoms with E-state index in [1.54, 1.807) is 0 Å². The summed E-state index contributed by atoms with van der Waals surface area (Å²) in [6.07, 6.45) is 8.50. The molecule has 3 nitrogen and oxygen atoms in total. The van der Waals surface area contributed by atoms with Gasteiger partial charge in [-0.2, -0.15) is 0 Å². The maximum Gasteiger partial charge on any atom is 0.224 e. The van der Waals surface area contributed by atoms with E-state index in [1.807, 2.05) is 13.0 Å². The molecular weight excluding hydrogens is 248 g/mol. The van der Waals surface area contributed by atoms with E-state index in [2.05, 4.69) is 35.3 Å². The van der Waals surface area contributed by atoms with Gasteiger partial charge >= 0.3 is 0 Å². The zero-order chi connectivity index (χ0) is 14.1. The van der Waals surface area contributed by atoms with Crippen molar-refractivity contribution in [3.63, 3.8) is 0 Å². The number of carbonyl (C=O) groups excluding carboxylic acids is 1. The van der Waals surface area contributed by atoms with Crippen molar-refractivity contribution >= 4 is 5.91 Å². The van der Waals surface area contributed by atoms with E-state index in [0.29, 0.717) is 0 Å². The number of carbonyl (C=O) groups is 1. The van der Waals surface area contributed by atoms with E-state index in [1.165, 1.54) is 16.8 Å². The maximum absolute atomic E-state index is 11.3.